The molecule has 2 heteroatoms. The molecule has 28 rings (SSSR count). The highest BCUT2D eigenvalue weighted by Crippen LogP contribution is 2.58. The largest absolute Gasteiger partial charge is 0.308 e. The van der Waals surface area contributed by atoms with Gasteiger partial charge in [-0.15, -0.1) is 0 Å². The second-order valence-corrected chi connectivity index (χ2v) is 40.3. The first-order chi connectivity index (χ1) is 66.1. The third-order valence-corrected chi connectivity index (χ3v) is 30.3. The molecule has 0 N–H and O–H groups in total. The number of nitrogens with zero attached hydrogens (tertiary/aromatic N) is 2. The molecule has 636 valence electrons. The van der Waals surface area contributed by atoms with Crippen molar-refractivity contribution in [2.45, 2.75) is 71.6 Å². The monoisotopic (exact) mass is 1720 g/mol. The van der Waals surface area contributed by atoms with Gasteiger partial charge in [0.05, 0.1) is 28.1 Å². The minimum atomic E-state index is -0.128. The van der Waals surface area contributed by atoms with E-state index >= 15 is 0 Å². The van der Waals surface area contributed by atoms with Gasteiger partial charge in [-0.25, -0.2) is 0 Å². The highest BCUT2D eigenvalue weighted by atomic mass is 15.0. The fraction of sp³-hybridized carbons (Fsp3) is 0.0827. The summed E-state index contributed by atoms with van der Waals surface area (Å²) in [7, 11) is 0. The molecule has 2 heterocycles. The number of hydrogen-bond acceptors (Lipinski definition) is 0. The second-order valence-electron chi connectivity index (χ2n) is 40.3. The highest BCUT2D eigenvalue weighted by Gasteiger charge is 2.38. The Bertz CT molecular complexity index is 9660. The van der Waals surface area contributed by atoms with Crippen LogP contribution in [-0.4, -0.2) is 9.13 Å². The Morgan fingerprint density at radius 1 is 0.193 bits per heavy atom. The van der Waals surface area contributed by atoms with Crippen LogP contribution >= 0.6 is 0 Å². The van der Waals surface area contributed by atoms with E-state index in [1.165, 1.54) is 279 Å². The topological polar surface area (TPSA) is 9.86 Å². The van der Waals surface area contributed by atoms with Crippen molar-refractivity contribution in [3.05, 3.63) is 447 Å². The molecule has 25 aromatic carbocycles. The van der Waals surface area contributed by atoms with Crippen molar-refractivity contribution in [1.29, 1.82) is 0 Å². The first-order valence-electron chi connectivity index (χ1n) is 47.8. The van der Waals surface area contributed by atoms with E-state index in [9.17, 15) is 0 Å². The summed E-state index contributed by atoms with van der Waals surface area (Å²) in [6.45, 7) is 19.0. The lowest BCUT2D eigenvalue weighted by molar-refractivity contribution is 0.593. The maximum absolute atomic E-state index is 2.64. The lowest BCUT2D eigenvalue weighted by Gasteiger charge is -2.30. The van der Waals surface area contributed by atoms with Gasteiger partial charge in [0.2, 0.25) is 0 Å². The Balaban J connectivity index is 0.000000138. The summed E-state index contributed by atoms with van der Waals surface area (Å²) in [5, 5.41) is 38.5. The zero-order valence-electron chi connectivity index (χ0n) is 76.8. The maximum atomic E-state index is 2.64. The van der Waals surface area contributed by atoms with Crippen LogP contribution in [-0.2, 0) is 16.2 Å². The van der Waals surface area contributed by atoms with Crippen LogP contribution in [0.2, 0.25) is 0 Å². The van der Waals surface area contributed by atoms with Crippen LogP contribution in [0.5, 0.6) is 0 Å². The minimum absolute atomic E-state index is 0.0851. The van der Waals surface area contributed by atoms with Crippen LogP contribution in [0.1, 0.15) is 77.6 Å². The van der Waals surface area contributed by atoms with Gasteiger partial charge in [0.25, 0.3) is 0 Å². The molecule has 0 aliphatic heterocycles. The van der Waals surface area contributed by atoms with Gasteiger partial charge >= 0.3 is 0 Å². The fourth-order valence-corrected chi connectivity index (χ4v) is 24.9. The smallest absolute Gasteiger partial charge is 0.0626 e. The van der Waals surface area contributed by atoms with E-state index in [2.05, 4.69) is 489 Å². The predicted octanol–water partition coefficient (Wildman–Crippen LogP) is 37.2. The van der Waals surface area contributed by atoms with Crippen LogP contribution in [0.15, 0.2) is 425 Å². The van der Waals surface area contributed by atoms with Gasteiger partial charge in [-0.05, 0) is 249 Å². The third-order valence-electron chi connectivity index (χ3n) is 30.3. The van der Waals surface area contributed by atoms with E-state index in [0.717, 1.165) is 5.69 Å². The molecule has 0 atom stereocenters. The second kappa shape index (κ2) is 29.4. The van der Waals surface area contributed by atoms with E-state index in [1.54, 1.807) is 0 Å². The molecule has 1 aliphatic rings. The molecule has 0 fully saturated rings. The van der Waals surface area contributed by atoms with Crippen molar-refractivity contribution in [3.63, 3.8) is 0 Å². The number of fused-ring (bicyclic) bond motifs is 21. The average molecular weight is 1720 g/mol. The molecular weight excluding hydrogens is 1630 g/mol. The maximum Gasteiger partial charge on any atom is 0.0626 e. The average Bonchev–Trinajstić information content (AvgIpc) is 1.53. The van der Waals surface area contributed by atoms with Crippen molar-refractivity contribution in [3.8, 4) is 89.5 Å². The molecule has 1 aliphatic carbocycles. The molecule has 0 bridgehead atoms. The normalized spacial score (nSPS) is 12.9. The minimum Gasteiger partial charge on any atom is -0.308 e. The quantitative estimate of drug-likeness (QED) is 0.106. The zero-order chi connectivity index (χ0) is 90.2. The zero-order valence-corrected chi connectivity index (χ0v) is 76.8. The molecule has 2 aromatic heterocycles. The summed E-state index contributed by atoms with van der Waals surface area (Å²) in [4.78, 5) is 0. The molecule has 0 unspecified atom stereocenters. The Hall–Kier alpha value is -16.3. The third kappa shape index (κ3) is 11.5. The van der Waals surface area contributed by atoms with E-state index in [0.29, 0.717) is 0 Å². The summed E-state index contributed by atoms with van der Waals surface area (Å²) in [5.41, 5.74) is 27.4. The molecule has 135 heavy (non-hydrogen) atoms. The van der Waals surface area contributed by atoms with E-state index < -0.39 is 0 Å². The van der Waals surface area contributed by atoms with Crippen LogP contribution in [0, 0.1) is 0 Å². The Kier molecular flexibility index (Phi) is 17.1. The van der Waals surface area contributed by atoms with E-state index in [4.69, 9.17) is 0 Å². The lowest BCUT2D eigenvalue weighted by atomic mass is 9.74. The number of aromatic nitrogens is 2. The first kappa shape index (κ1) is 78.6. The SMILES string of the molecule is CC(C)(C)c1c2ccccc2c(C(C)(C)C)c2cc(-n3c(-c4ccccc4)c(-c4ccccc4)c4c5c6ccccc6c(-c6ccc7ccc8cccc9ccc6c7c89)cc5c5ccccc5c43)ccc12.CC1(C)c2ccccc2-c2ccc(-c3cc4c5ccccc5c5c(c(-c6ccccc6)c(-c6ccccc6)n5-c5ccc6ccc7cccc8ccc5c6c78)c4c4ccccc34)cc21. The van der Waals surface area contributed by atoms with Gasteiger partial charge in [-0.3, -0.25) is 0 Å². The summed E-state index contributed by atoms with van der Waals surface area (Å²) >= 11 is 0. The standard InChI is InChI=1S/C70H53N.C63H41N/c1-69(2,3)65-53-29-16-17-30-54(53)66(70(4,5)6)59-40-47(36-39-55(59)65)71-67(46-22-11-8-12-23-46)62(42-20-9-7-10-21-42)64-63-51-28-15-13-26-48(51)57(41-58(63)49-27-14-18-31-56(49)68(64)71)50-37-34-45-33-32-43-24-19-25-44-35-38-52(50)61(45)60(43)44;1-63(2)53-27-14-13-24-46(53)47-33-31-43(36-54(47)63)51-37-52-45-23-10-12-26-49(45)62-60(59(52)48-25-11-9-22-44(48)51)58(38-16-5-3-6-17-38)61(42-18-7-4-8-19-42)64(62)55-35-32-41-29-28-39-20-15-21-40-30-34-50(55)57(41)56(39)40/h7-41H,1-6H3;3-37H,1-2H3. The molecule has 0 amide bonds. The summed E-state index contributed by atoms with van der Waals surface area (Å²) in [5.74, 6) is 0. The molecular formula is C133H94N2. The summed E-state index contributed by atoms with van der Waals surface area (Å²) in [6, 6.07) is 160. The Morgan fingerprint density at radius 2 is 0.563 bits per heavy atom. The molecule has 0 saturated heterocycles. The van der Waals surface area contributed by atoms with E-state index in [1.807, 2.05) is 0 Å². The van der Waals surface area contributed by atoms with Crippen molar-refractivity contribution >= 4 is 173 Å². The van der Waals surface area contributed by atoms with Crippen molar-refractivity contribution in [2.24, 2.45) is 0 Å². The number of benzene rings is 25. The van der Waals surface area contributed by atoms with Crippen molar-refractivity contribution in [1.82, 2.24) is 9.13 Å². The molecule has 0 radical (unpaired) electrons. The molecule has 2 nitrogen and oxygen atoms in total. The number of rotatable bonds is 8. The first-order valence-corrected chi connectivity index (χ1v) is 47.8. The van der Waals surface area contributed by atoms with Crippen LogP contribution in [0.25, 0.3) is 262 Å². The van der Waals surface area contributed by atoms with Gasteiger partial charge < -0.3 is 9.13 Å². The van der Waals surface area contributed by atoms with Crippen molar-refractivity contribution < 1.29 is 0 Å². The lowest BCUT2D eigenvalue weighted by Crippen LogP contribution is -2.17. The van der Waals surface area contributed by atoms with Crippen LogP contribution < -0.4 is 0 Å². The summed E-state index contributed by atoms with van der Waals surface area (Å²) < 4.78 is 5.26. The fourth-order valence-electron chi connectivity index (χ4n) is 24.9. The molecule has 0 saturated carbocycles. The predicted molar refractivity (Wildman–Crippen MR) is 582 cm³/mol. The van der Waals surface area contributed by atoms with Crippen molar-refractivity contribution in [2.75, 3.05) is 0 Å². The van der Waals surface area contributed by atoms with Gasteiger partial charge in [0.15, 0.2) is 0 Å². The number of hydrogen-bond donors (Lipinski definition) is 0. The van der Waals surface area contributed by atoms with Gasteiger partial charge in [0.1, 0.15) is 0 Å². The van der Waals surface area contributed by atoms with Crippen LogP contribution in [0.3, 0.4) is 0 Å². The highest BCUT2D eigenvalue weighted by molar-refractivity contribution is 6.40. The summed E-state index contributed by atoms with van der Waals surface area (Å²) in [6.07, 6.45) is 0. The Morgan fingerprint density at radius 3 is 1.10 bits per heavy atom. The van der Waals surface area contributed by atoms with E-state index in [-0.39, 0.29) is 16.2 Å². The van der Waals surface area contributed by atoms with Gasteiger partial charge in [-0.1, -0.05) is 444 Å². The van der Waals surface area contributed by atoms with Gasteiger partial charge in [0, 0.05) is 59.9 Å². The van der Waals surface area contributed by atoms with Crippen LogP contribution in [0.4, 0.5) is 0 Å². The Labute approximate surface area is 784 Å². The van der Waals surface area contributed by atoms with Gasteiger partial charge in [-0.2, -0.15) is 0 Å². The molecule has 0 spiro atoms. The molecule has 27 aromatic rings.